The van der Waals surface area contributed by atoms with Gasteiger partial charge in [0.25, 0.3) is 5.91 Å². The van der Waals surface area contributed by atoms with Crippen LogP contribution in [0.1, 0.15) is 49.3 Å². The maximum Gasteiger partial charge on any atom is 0.310 e. The number of anilines is 1. The van der Waals surface area contributed by atoms with Crippen molar-refractivity contribution in [3.8, 4) is 11.1 Å². The van der Waals surface area contributed by atoms with Crippen LogP contribution >= 0.6 is 0 Å². The fourth-order valence-corrected chi connectivity index (χ4v) is 5.18. The average Bonchev–Trinajstić information content (AvgIpc) is 3.40. The van der Waals surface area contributed by atoms with Gasteiger partial charge in [-0.2, -0.15) is 0 Å². The van der Waals surface area contributed by atoms with Crippen LogP contribution in [0.2, 0.25) is 0 Å². The second-order valence-corrected chi connectivity index (χ2v) is 12.4. The van der Waals surface area contributed by atoms with Crippen molar-refractivity contribution in [2.75, 3.05) is 17.7 Å². The highest BCUT2D eigenvalue weighted by Gasteiger charge is 2.25. The molecular weight excluding hydrogens is 538 g/mol. The van der Waals surface area contributed by atoms with E-state index in [0.29, 0.717) is 11.3 Å². The second-order valence-electron chi connectivity index (χ2n) is 10.1. The maximum atomic E-state index is 15.7. The van der Waals surface area contributed by atoms with Crippen molar-refractivity contribution in [1.82, 2.24) is 4.98 Å². The molecule has 40 heavy (non-hydrogen) atoms. The first kappa shape index (κ1) is 29.1. The number of carbonyl (C=O) groups is 2. The summed E-state index contributed by atoms with van der Waals surface area (Å²) in [6.45, 7) is 7.44. The number of benzene rings is 2. The number of carbonyl (C=O) groups excluding carboxylic acids is 2. The van der Waals surface area contributed by atoms with Gasteiger partial charge in [0, 0.05) is 50.7 Å². The number of fused-ring (bicyclic) bond motifs is 1. The van der Waals surface area contributed by atoms with Crippen LogP contribution in [0, 0.1) is 11.6 Å². The molecule has 4 rings (SSSR count). The maximum absolute atomic E-state index is 15.7. The van der Waals surface area contributed by atoms with Crippen molar-refractivity contribution < 1.29 is 31.7 Å². The molecule has 0 unspecified atom stereocenters. The molecule has 2 aromatic carbocycles. The Bertz CT molecular complexity index is 1590. The fraction of sp³-hybridized carbons (Fsp3) is 0.300. The van der Waals surface area contributed by atoms with Gasteiger partial charge in [-0.15, -0.1) is 0 Å². The number of aromatic nitrogens is 1. The minimum absolute atomic E-state index is 0.00839. The highest BCUT2D eigenvalue weighted by molar-refractivity contribution is 7.86. The Kier molecular flexibility index (Phi) is 8.78. The van der Waals surface area contributed by atoms with Gasteiger partial charge in [-0.1, -0.05) is 18.2 Å². The standard InChI is InChI=1S/C30H30F2N2O5S/c1-5-38-25(35)16-18-8-6-7-9-23(18)34-29(36)22-17-21(28-20(26(22)31)11-14-39-28)19-10-13-33-24(27(19)32)12-15-40(37)30(2,3)4/h6-11,13-14,17H,5,12,15-16H2,1-4H3,(H,34,36)/t40-/m1/s1. The van der Waals surface area contributed by atoms with Gasteiger partial charge < -0.3 is 14.5 Å². The molecule has 0 fully saturated rings. The Morgan fingerprint density at radius 1 is 1.07 bits per heavy atom. The van der Waals surface area contributed by atoms with Crippen molar-refractivity contribution in [2.45, 2.75) is 45.3 Å². The second kappa shape index (κ2) is 12.1. The number of nitrogens with zero attached hydrogens (tertiary/aromatic N) is 1. The summed E-state index contributed by atoms with van der Waals surface area (Å²) in [6, 6.07) is 10.7. The highest BCUT2D eigenvalue weighted by Crippen LogP contribution is 2.35. The van der Waals surface area contributed by atoms with Gasteiger partial charge in [0.05, 0.1) is 35.9 Å². The SMILES string of the molecule is CCOC(=O)Cc1ccccc1NC(=O)c1cc(-c2ccnc(CC[S@@](=O)C(C)(C)C)c2F)c2occc2c1F. The molecule has 0 saturated carbocycles. The molecule has 7 nitrogen and oxygen atoms in total. The molecule has 2 aromatic heterocycles. The molecule has 210 valence electrons. The van der Waals surface area contributed by atoms with Crippen LogP contribution in [0.4, 0.5) is 14.5 Å². The van der Waals surface area contributed by atoms with Gasteiger partial charge in [0.15, 0.2) is 5.82 Å². The first-order valence-electron chi connectivity index (χ1n) is 12.8. The van der Waals surface area contributed by atoms with Gasteiger partial charge in [-0.3, -0.25) is 18.8 Å². The summed E-state index contributed by atoms with van der Waals surface area (Å²) in [5, 5.41) is 2.67. The largest absolute Gasteiger partial charge is 0.466 e. The lowest BCUT2D eigenvalue weighted by molar-refractivity contribution is -0.142. The fourth-order valence-electron chi connectivity index (χ4n) is 4.19. The van der Waals surface area contributed by atoms with Crippen LogP contribution < -0.4 is 5.32 Å². The van der Waals surface area contributed by atoms with E-state index in [1.807, 2.05) is 20.8 Å². The minimum Gasteiger partial charge on any atom is -0.466 e. The summed E-state index contributed by atoms with van der Waals surface area (Å²) in [5.41, 5.74) is 0.910. The quantitative estimate of drug-likeness (QED) is 0.241. The number of halogens is 2. The van der Waals surface area contributed by atoms with Crippen LogP contribution in [0.25, 0.3) is 22.1 Å². The highest BCUT2D eigenvalue weighted by atomic mass is 32.2. The Balaban J connectivity index is 1.71. The molecule has 1 N–H and O–H groups in total. The van der Waals surface area contributed by atoms with E-state index in [1.165, 1.54) is 30.7 Å². The van der Waals surface area contributed by atoms with Gasteiger partial charge in [-0.25, -0.2) is 8.78 Å². The smallest absolute Gasteiger partial charge is 0.310 e. The van der Waals surface area contributed by atoms with E-state index >= 15 is 8.78 Å². The molecule has 4 aromatic rings. The summed E-state index contributed by atoms with van der Waals surface area (Å²) in [6.07, 6.45) is 2.73. The number of aryl methyl sites for hydroxylation is 1. The molecule has 2 heterocycles. The third-order valence-corrected chi connectivity index (χ3v) is 8.22. The topological polar surface area (TPSA) is 98.5 Å². The lowest BCUT2D eigenvalue weighted by Crippen LogP contribution is -2.25. The lowest BCUT2D eigenvalue weighted by atomic mass is 9.98. The van der Waals surface area contributed by atoms with Crippen LogP contribution in [0.15, 0.2) is 59.3 Å². The normalized spacial score (nSPS) is 12.3. The predicted octanol–water partition coefficient (Wildman–Crippen LogP) is 6.22. The van der Waals surface area contributed by atoms with Crippen LogP contribution in [-0.4, -0.2) is 38.2 Å². The number of hydrogen-bond donors (Lipinski definition) is 1. The van der Waals surface area contributed by atoms with Crippen molar-refractivity contribution in [2.24, 2.45) is 0 Å². The van der Waals surface area contributed by atoms with Gasteiger partial charge in [-0.05, 0) is 57.5 Å². The van der Waals surface area contributed by atoms with Crippen LogP contribution in [0.5, 0.6) is 0 Å². The van der Waals surface area contributed by atoms with Gasteiger partial charge in [0.1, 0.15) is 11.4 Å². The summed E-state index contributed by atoms with van der Waals surface area (Å²) in [5.74, 6) is -2.52. The van der Waals surface area contributed by atoms with Crippen molar-refractivity contribution in [1.29, 1.82) is 0 Å². The Morgan fingerprint density at radius 2 is 1.82 bits per heavy atom. The van der Waals surface area contributed by atoms with E-state index in [9.17, 15) is 13.8 Å². The summed E-state index contributed by atoms with van der Waals surface area (Å²) in [4.78, 5) is 29.5. The monoisotopic (exact) mass is 568 g/mol. The minimum atomic E-state index is -1.21. The summed E-state index contributed by atoms with van der Waals surface area (Å²) in [7, 11) is -1.21. The molecule has 0 radical (unpaired) electrons. The van der Waals surface area contributed by atoms with Gasteiger partial charge >= 0.3 is 5.97 Å². The first-order chi connectivity index (χ1) is 19.0. The van der Waals surface area contributed by atoms with Crippen molar-refractivity contribution in [3.05, 3.63) is 83.4 Å². The number of para-hydroxylation sites is 1. The van der Waals surface area contributed by atoms with E-state index in [-0.39, 0.29) is 58.6 Å². The summed E-state index contributed by atoms with van der Waals surface area (Å²) < 4.78 is 53.8. The third-order valence-electron chi connectivity index (χ3n) is 6.28. The number of esters is 1. The number of pyridine rings is 1. The molecule has 0 saturated heterocycles. The van der Waals surface area contributed by atoms with E-state index in [4.69, 9.17) is 9.15 Å². The predicted molar refractivity (Wildman–Crippen MR) is 151 cm³/mol. The molecule has 0 aliphatic rings. The average molecular weight is 569 g/mol. The van der Waals surface area contributed by atoms with Crippen LogP contribution in [0.3, 0.4) is 0 Å². The number of rotatable bonds is 9. The van der Waals surface area contributed by atoms with Crippen molar-refractivity contribution in [3.63, 3.8) is 0 Å². The molecule has 1 atom stereocenters. The van der Waals surface area contributed by atoms with Crippen molar-refractivity contribution >= 4 is 39.3 Å². The Labute approximate surface area is 233 Å². The molecule has 10 heteroatoms. The van der Waals surface area contributed by atoms with E-state index in [1.54, 1.807) is 31.2 Å². The Hall–Kier alpha value is -3.92. The lowest BCUT2D eigenvalue weighted by Gasteiger charge is -2.17. The number of hydrogen-bond acceptors (Lipinski definition) is 6. The van der Waals surface area contributed by atoms with E-state index in [0.717, 1.165) is 0 Å². The summed E-state index contributed by atoms with van der Waals surface area (Å²) >= 11 is 0. The van der Waals surface area contributed by atoms with Gasteiger partial charge in [0.2, 0.25) is 0 Å². The van der Waals surface area contributed by atoms with E-state index < -0.39 is 39.1 Å². The Morgan fingerprint density at radius 3 is 2.55 bits per heavy atom. The number of ether oxygens (including phenoxy) is 1. The molecule has 0 aliphatic heterocycles. The number of furan rings is 1. The zero-order valence-electron chi connectivity index (χ0n) is 22.7. The van der Waals surface area contributed by atoms with E-state index in [2.05, 4.69) is 10.3 Å². The molecule has 0 bridgehead atoms. The third kappa shape index (κ3) is 6.28. The molecule has 0 spiro atoms. The van der Waals surface area contributed by atoms with Crippen LogP contribution in [-0.2, 0) is 33.2 Å². The molecule has 1 amide bonds. The molecular formula is C30H30F2N2O5S. The first-order valence-corrected chi connectivity index (χ1v) is 14.1. The number of nitrogens with one attached hydrogen (secondary N) is 1. The zero-order valence-corrected chi connectivity index (χ0v) is 23.5. The zero-order chi connectivity index (χ0) is 29.0. The number of amides is 1. The molecule has 0 aliphatic carbocycles.